The van der Waals surface area contributed by atoms with Crippen LogP contribution in [0, 0.1) is 0 Å². The summed E-state index contributed by atoms with van der Waals surface area (Å²) in [7, 11) is -1.61. The fourth-order valence-corrected chi connectivity index (χ4v) is 6.03. The molecule has 1 aromatic carbocycles. The molecule has 3 heterocycles. The molecule has 1 atom stereocenters. The molecule has 2 aliphatic heterocycles. The number of para-hydroxylation sites is 2. The number of sulfonamides is 1. The summed E-state index contributed by atoms with van der Waals surface area (Å²) in [6, 6.07) is 10.1. The maximum absolute atomic E-state index is 13.1. The van der Waals surface area contributed by atoms with Crippen molar-refractivity contribution in [1.29, 1.82) is 0 Å². The van der Waals surface area contributed by atoms with E-state index in [9.17, 15) is 18.0 Å². The Morgan fingerprint density at radius 2 is 1.88 bits per heavy atom. The number of carbonyl (C=O) groups is 2. The first-order chi connectivity index (χ1) is 15.8. The Labute approximate surface area is 198 Å². The Morgan fingerprint density at radius 3 is 2.58 bits per heavy atom. The van der Waals surface area contributed by atoms with Gasteiger partial charge in [0.05, 0.1) is 22.2 Å². The van der Waals surface area contributed by atoms with Crippen LogP contribution in [0.25, 0.3) is 0 Å². The van der Waals surface area contributed by atoms with Crippen molar-refractivity contribution in [3.63, 3.8) is 0 Å². The van der Waals surface area contributed by atoms with Crippen LogP contribution in [-0.2, 0) is 19.6 Å². The van der Waals surface area contributed by atoms with E-state index in [2.05, 4.69) is 15.2 Å². The largest absolute Gasteiger partial charge is 0.324 e. The van der Waals surface area contributed by atoms with Crippen molar-refractivity contribution in [2.24, 2.45) is 0 Å². The average molecular weight is 490 g/mol. The zero-order chi connectivity index (χ0) is 23.6. The van der Waals surface area contributed by atoms with Crippen LogP contribution in [0.15, 0.2) is 52.5 Å². The molecule has 2 aliphatic rings. The molecule has 1 aromatic heterocycles. The summed E-state index contributed by atoms with van der Waals surface area (Å²) >= 11 is 1.24. The van der Waals surface area contributed by atoms with Gasteiger partial charge in [0.25, 0.3) is 0 Å². The van der Waals surface area contributed by atoms with Crippen LogP contribution >= 0.6 is 11.8 Å². The Hall–Kier alpha value is -2.47. The number of anilines is 2. The lowest BCUT2D eigenvalue weighted by atomic mass is 10.2. The second-order valence-electron chi connectivity index (χ2n) is 8.21. The van der Waals surface area contributed by atoms with Crippen LogP contribution < -0.4 is 10.2 Å². The summed E-state index contributed by atoms with van der Waals surface area (Å²) in [5, 5.41) is 3.41. The topological polar surface area (TPSA) is 103 Å². The number of hydrogen-bond donors (Lipinski definition) is 1. The summed E-state index contributed by atoms with van der Waals surface area (Å²) < 4.78 is 27.2. The number of amides is 2. The third-order valence-electron chi connectivity index (χ3n) is 5.78. The number of nitrogens with one attached hydrogen (secondary N) is 1. The van der Waals surface area contributed by atoms with Gasteiger partial charge in [-0.3, -0.25) is 9.59 Å². The molecule has 33 heavy (non-hydrogen) atoms. The summed E-state index contributed by atoms with van der Waals surface area (Å²) in [6.45, 7) is 4.15. The second kappa shape index (κ2) is 9.80. The van der Waals surface area contributed by atoms with Gasteiger partial charge in [0.15, 0.2) is 0 Å². The van der Waals surface area contributed by atoms with E-state index in [0.717, 1.165) is 0 Å². The first kappa shape index (κ1) is 23.7. The fourth-order valence-electron chi connectivity index (χ4n) is 3.96. The standard InChI is InChI=1S/C22H27N5O4S2/c1-16-13-20(28)24-18-5-3-4-6-19(18)27(16)22(29)15-32-21-8-7-17(14-23-21)33(30,31)26-11-9-25(2)10-12-26/h3-8,14,16H,9-13,15H2,1-2H3,(H,24,28)/t16-/m0/s1. The molecule has 0 bridgehead atoms. The zero-order valence-electron chi connectivity index (χ0n) is 18.6. The third-order valence-corrected chi connectivity index (χ3v) is 8.59. The van der Waals surface area contributed by atoms with Crippen molar-refractivity contribution < 1.29 is 18.0 Å². The number of aromatic nitrogens is 1. The quantitative estimate of drug-likeness (QED) is 0.640. The first-order valence-electron chi connectivity index (χ1n) is 10.7. The monoisotopic (exact) mass is 489 g/mol. The van der Waals surface area contributed by atoms with Gasteiger partial charge in [-0.1, -0.05) is 23.9 Å². The van der Waals surface area contributed by atoms with E-state index in [4.69, 9.17) is 0 Å². The molecule has 0 spiro atoms. The number of benzene rings is 1. The van der Waals surface area contributed by atoms with E-state index in [0.29, 0.717) is 42.6 Å². The molecule has 1 N–H and O–H groups in total. The van der Waals surface area contributed by atoms with Gasteiger partial charge in [0.1, 0.15) is 4.90 Å². The number of rotatable bonds is 5. The molecule has 0 unspecified atom stereocenters. The van der Waals surface area contributed by atoms with Gasteiger partial charge in [-0.2, -0.15) is 4.31 Å². The van der Waals surface area contributed by atoms with Gasteiger partial charge in [0, 0.05) is 44.8 Å². The van der Waals surface area contributed by atoms with Crippen molar-refractivity contribution in [1.82, 2.24) is 14.2 Å². The summed E-state index contributed by atoms with van der Waals surface area (Å²) in [4.78, 5) is 33.4. The highest BCUT2D eigenvalue weighted by Crippen LogP contribution is 2.32. The highest BCUT2D eigenvalue weighted by molar-refractivity contribution is 7.99. The molecule has 1 fully saturated rings. The lowest BCUT2D eigenvalue weighted by Crippen LogP contribution is -2.47. The number of nitrogens with zero attached hydrogens (tertiary/aromatic N) is 4. The van der Waals surface area contributed by atoms with Crippen molar-refractivity contribution >= 4 is 45.0 Å². The molecular weight excluding hydrogens is 462 g/mol. The van der Waals surface area contributed by atoms with Crippen molar-refractivity contribution in [3.8, 4) is 0 Å². The number of thioether (sulfide) groups is 1. The maximum atomic E-state index is 13.1. The maximum Gasteiger partial charge on any atom is 0.244 e. The van der Waals surface area contributed by atoms with Gasteiger partial charge in [-0.05, 0) is 38.2 Å². The van der Waals surface area contributed by atoms with Gasteiger partial charge >= 0.3 is 0 Å². The molecule has 0 aliphatic carbocycles. The predicted molar refractivity (Wildman–Crippen MR) is 128 cm³/mol. The van der Waals surface area contributed by atoms with E-state index < -0.39 is 10.0 Å². The summed E-state index contributed by atoms with van der Waals surface area (Å²) in [6.07, 6.45) is 1.56. The van der Waals surface area contributed by atoms with Crippen molar-refractivity contribution in [2.75, 3.05) is 49.2 Å². The molecule has 11 heteroatoms. The van der Waals surface area contributed by atoms with Crippen LogP contribution in [0.2, 0.25) is 0 Å². The fraction of sp³-hybridized carbons (Fsp3) is 0.409. The summed E-state index contributed by atoms with van der Waals surface area (Å²) in [5.74, 6) is -0.158. The van der Waals surface area contributed by atoms with E-state index in [1.807, 2.05) is 32.2 Å². The Morgan fingerprint density at radius 1 is 1.15 bits per heavy atom. The molecule has 2 amide bonds. The number of piperazine rings is 1. The average Bonchev–Trinajstić information content (AvgIpc) is 2.92. The van der Waals surface area contributed by atoms with Crippen LogP contribution in [0.1, 0.15) is 13.3 Å². The van der Waals surface area contributed by atoms with Crippen molar-refractivity contribution in [2.45, 2.75) is 29.3 Å². The minimum Gasteiger partial charge on any atom is -0.324 e. The van der Waals surface area contributed by atoms with E-state index in [1.165, 1.54) is 22.3 Å². The molecule has 2 aromatic rings. The Bertz CT molecular complexity index is 1130. The van der Waals surface area contributed by atoms with Gasteiger partial charge in [-0.15, -0.1) is 0 Å². The lowest BCUT2D eigenvalue weighted by molar-refractivity contribution is -0.117. The molecule has 1 saturated heterocycles. The number of fused-ring (bicyclic) bond motifs is 1. The smallest absolute Gasteiger partial charge is 0.244 e. The molecule has 4 rings (SSSR count). The van der Waals surface area contributed by atoms with Gasteiger partial charge < -0.3 is 15.1 Å². The van der Waals surface area contributed by atoms with Gasteiger partial charge in [-0.25, -0.2) is 13.4 Å². The van der Waals surface area contributed by atoms with E-state index in [-0.39, 0.29) is 34.9 Å². The molecule has 0 saturated carbocycles. The number of likely N-dealkylation sites (N-methyl/N-ethyl adjacent to an activating group) is 1. The van der Waals surface area contributed by atoms with Gasteiger partial charge in [0.2, 0.25) is 21.8 Å². The predicted octanol–water partition coefficient (Wildman–Crippen LogP) is 1.87. The minimum atomic E-state index is -3.58. The number of pyridine rings is 1. The van der Waals surface area contributed by atoms with Crippen LogP contribution in [0.4, 0.5) is 11.4 Å². The lowest BCUT2D eigenvalue weighted by Gasteiger charge is -2.31. The van der Waals surface area contributed by atoms with E-state index >= 15 is 0 Å². The van der Waals surface area contributed by atoms with E-state index in [1.54, 1.807) is 23.1 Å². The SMILES string of the molecule is C[C@H]1CC(=O)Nc2ccccc2N1C(=O)CSc1ccc(S(=O)(=O)N2CCN(C)CC2)cn1. The highest BCUT2D eigenvalue weighted by atomic mass is 32.2. The Kier molecular flexibility index (Phi) is 7.03. The molecule has 0 radical (unpaired) electrons. The number of hydrogen-bond acceptors (Lipinski definition) is 7. The second-order valence-corrected chi connectivity index (χ2v) is 11.1. The third kappa shape index (κ3) is 5.21. The first-order valence-corrected chi connectivity index (χ1v) is 13.2. The highest BCUT2D eigenvalue weighted by Gasteiger charge is 2.30. The molecular formula is C22H27N5O4S2. The van der Waals surface area contributed by atoms with Crippen LogP contribution in [-0.4, -0.2) is 79.4 Å². The van der Waals surface area contributed by atoms with Crippen LogP contribution in [0.5, 0.6) is 0 Å². The number of carbonyl (C=O) groups excluding carboxylic acids is 2. The normalized spacial score (nSPS) is 20.1. The van der Waals surface area contributed by atoms with Crippen LogP contribution in [0.3, 0.4) is 0 Å². The minimum absolute atomic E-state index is 0.115. The zero-order valence-corrected chi connectivity index (χ0v) is 20.2. The van der Waals surface area contributed by atoms with Crippen molar-refractivity contribution in [3.05, 3.63) is 42.6 Å². The summed E-state index contributed by atoms with van der Waals surface area (Å²) in [5.41, 5.74) is 1.28. The molecule has 9 nitrogen and oxygen atoms in total. The Balaban J connectivity index is 1.43. The molecule has 176 valence electrons.